The molecule has 36 heavy (non-hydrogen) atoms. The number of amides is 2. The topological polar surface area (TPSA) is 87.5 Å². The van der Waals surface area contributed by atoms with E-state index in [2.05, 4.69) is 6.92 Å². The van der Waals surface area contributed by atoms with Crippen LogP contribution >= 0.6 is 24.0 Å². The van der Waals surface area contributed by atoms with Gasteiger partial charge in [-0.2, -0.15) is 0 Å². The highest BCUT2D eigenvalue weighted by molar-refractivity contribution is 8.26. The molecule has 4 heterocycles. The van der Waals surface area contributed by atoms with Gasteiger partial charge < -0.3 is 14.5 Å². The van der Waals surface area contributed by atoms with E-state index in [0.29, 0.717) is 65.6 Å². The SMILES string of the molecule is CCCCCCN1C(=O)/C(=C\c2c(N3CCN(C(=O)OCC)CC3)nc3ccccn3c2=O)SC1=S. The van der Waals surface area contributed by atoms with Gasteiger partial charge in [-0.05, 0) is 31.6 Å². The molecule has 2 aromatic rings. The van der Waals surface area contributed by atoms with Crippen molar-refractivity contribution >= 4 is 57.8 Å². The molecule has 2 fully saturated rings. The Balaban J connectivity index is 1.64. The zero-order chi connectivity index (χ0) is 25.7. The molecular weight excluding hydrogens is 498 g/mol. The van der Waals surface area contributed by atoms with Crippen LogP contribution in [0.25, 0.3) is 11.7 Å². The summed E-state index contributed by atoms with van der Waals surface area (Å²) in [6.07, 6.45) is 7.14. The highest BCUT2D eigenvalue weighted by Crippen LogP contribution is 2.34. The van der Waals surface area contributed by atoms with Gasteiger partial charge in [0.25, 0.3) is 11.5 Å². The summed E-state index contributed by atoms with van der Waals surface area (Å²) in [5.74, 6) is 0.333. The molecule has 2 aliphatic heterocycles. The van der Waals surface area contributed by atoms with Gasteiger partial charge in [0.2, 0.25) is 0 Å². The molecule has 0 bridgehead atoms. The molecule has 2 aromatic heterocycles. The number of aromatic nitrogens is 2. The van der Waals surface area contributed by atoms with Crippen LogP contribution in [0, 0.1) is 0 Å². The number of thioether (sulfide) groups is 1. The van der Waals surface area contributed by atoms with E-state index in [1.54, 1.807) is 41.1 Å². The Hall–Kier alpha value is -2.92. The van der Waals surface area contributed by atoms with Gasteiger partial charge in [-0.15, -0.1) is 0 Å². The first-order valence-electron chi connectivity index (χ1n) is 12.4. The molecule has 0 aliphatic carbocycles. The second kappa shape index (κ2) is 11.9. The van der Waals surface area contributed by atoms with E-state index < -0.39 is 0 Å². The molecule has 2 saturated heterocycles. The minimum absolute atomic E-state index is 0.169. The summed E-state index contributed by atoms with van der Waals surface area (Å²) in [4.78, 5) is 49.3. The average Bonchev–Trinajstić information content (AvgIpc) is 3.15. The van der Waals surface area contributed by atoms with E-state index in [1.165, 1.54) is 16.2 Å². The lowest BCUT2D eigenvalue weighted by Crippen LogP contribution is -2.49. The second-order valence-corrected chi connectivity index (χ2v) is 10.3. The number of thiocarbonyl (C=S) groups is 1. The molecule has 0 atom stereocenters. The van der Waals surface area contributed by atoms with Gasteiger partial charge >= 0.3 is 6.09 Å². The van der Waals surface area contributed by atoms with Crippen LogP contribution < -0.4 is 10.5 Å². The minimum atomic E-state index is -0.341. The molecule has 0 N–H and O–H groups in total. The number of rotatable bonds is 8. The van der Waals surface area contributed by atoms with Gasteiger partial charge in [-0.25, -0.2) is 9.78 Å². The van der Waals surface area contributed by atoms with E-state index >= 15 is 0 Å². The Morgan fingerprint density at radius 1 is 1.14 bits per heavy atom. The summed E-state index contributed by atoms with van der Waals surface area (Å²) in [7, 11) is 0. The van der Waals surface area contributed by atoms with Crippen molar-refractivity contribution in [1.29, 1.82) is 0 Å². The number of anilines is 1. The number of carbonyl (C=O) groups is 2. The lowest BCUT2D eigenvalue weighted by atomic mass is 10.2. The Kier molecular flexibility index (Phi) is 8.63. The zero-order valence-electron chi connectivity index (χ0n) is 20.6. The molecule has 0 saturated carbocycles. The Morgan fingerprint density at radius 2 is 1.92 bits per heavy atom. The quantitative estimate of drug-likeness (QED) is 0.290. The Morgan fingerprint density at radius 3 is 2.64 bits per heavy atom. The van der Waals surface area contributed by atoms with Gasteiger partial charge in [0.1, 0.15) is 15.8 Å². The van der Waals surface area contributed by atoms with Crippen molar-refractivity contribution in [3.63, 3.8) is 0 Å². The van der Waals surface area contributed by atoms with Crippen LogP contribution in [0.3, 0.4) is 0 Å². The average molecular weight is 530 g/mol. The number of piperazine rings is 1. The van der Waals surface area contributed by atoms with Gasteiger partial charge in [-0.3, -0.25) is 18.9 Å². The maximum atomic E-state index is 13.6. The molecule has 2 amide bonds. The molecule has 0 aromatic carbocycles. The molecule has 2 aliphatic rings. The maximum absolute atomic E-state index is 13.6. The molecule has 4 rings (SSSR count). The molecule has 9 nitrogen and oxygen atoms in total. The predicted molar refractivity (Wildman–Crippen MR) is 146 cm³/mol. The first-order valence-corrected chi connectivity index (χ1v) is 13.6. The number of carbonyl (C=O) groups excluding carboxylic acids is 2. The Labute approximate surface area is 220 Å². The first-order chi connectivity index (χ1) is 17.4. The number of hydrogen-bond donors (Lipinski definition) is 0. The van der Waals surface area contributed by atoms with Crippen LogP contribution in [-0.2, 0) is 9.53 Å². The normalized spacial score (nSPS) is 17.5. The number of unbranched alkanes of at least 4 members (excludes halogenated alkanes) is 3. The predicted octanol–water partition coefficient (Wildman–Crippen LogP) is 3.75. The largest absolute Gasteiger partial charge is 0.450 e. The smallest absolute Gasteiger partial charge is 0.409 e. The van der Waals surface area contributed by atoms with E-state index in [9.17, 15) is 14.4 Å². The van der Waals surface area contributed by atoms with Crippen molar-refractivity contribution in [2.45, 2.75) is 39.5 Å². The lowest BCUT2D eigenvalue weighted by Gasteiger charge is -2.35. The van der Waals surface area contributed by atoms with Crippen molar-refractivity contribution in [2.24, 2.45) is 0 Å². The second-order valence-electron chi connectivity index (χ2n) is 8.65. The highest BCUT2D eigenvalue weighted by Gasteiger charge is 2.33. The van der Waals surface area contributed by atoms with Crippen LogP contribution in [0.5, 0.6) is 0 Å². The van der Waals surface area contributed by atoms with Gasteiger partial charge in [0.05, 0.1) is 17.1 Å². The molecule has 192 valence electrons. The van der Waals surface area contributed by atoms with Gasteiger partial charge in [-0.1, -0.05) is 56.2 Å². The fourth-order valence-electron chi connectivity index (χ4n) is 4.29. The number of pyridine rings is 1. The standard InChI is InChI=1S/C25H31N5O4S2/c1-3-5-6-8-12-30-23(32)19(36-25(30)35)17-18-21(26-20-10-7-9-11-29(20)22(18)31)27-13-15-28(16-14-27)24(33)34-4-2/h7,9-11,17H,3-6,8,12-16H2,1-2H3/b19-17+. The molecule has 0 radical (unpaired) electrons. The lowest BCUT2D eigenvalue weighted by molar-refractivity contribution is -0.122. The van der Waals surface area contributed by atoms with Crippen LogP contribution in [0.2, 0.25) is 0 Å². The van der Waals surface area contributed by atoms with Crippen LogP contribution in [-0.4, -0.2) is 74.8 Å². The summed E-state index contributed by atoms with van der Waals surface area (Å²) in [6.45, 7) is 6.72. The van der Waals surface area contributed by atoms with E-state index in [4.69, 9.17) is 21.9 Å². The summed E-state index contributed by atoms with van der Waals surface area (Å²) < 4.78 is 7.11. The van der Waals surface area contributed by atoms with Crippen LogP contribution in [0.15, 0.2) is 34.1 Å². The van der Waals surface area contributed by atoms with Crippen molar-refractivity contribution in [1.82, 2.24) is 19.2 Å². The summed E-state index contributed by atoms with van der Waals surface area (Å²) in [5.41, 5.74) is 0.609. The number of hydrogen-bond acceptors (Lipinski definition) is 8. The zero-order valence-corrected chi connectivity index (χ0v) is 22.3. The van der Waals surface area contributed by atoms with E-state index in [1.807, 2.05) is 11.0 Å². The monoisotopic (exact) mass is 529 g/mol. The van der Waals surface area contributed by atoms with E-state index in [-0.39, 0.29) is 17.6 Å². The molecule has 11 heteroatoms. The fourth-order valence-corrected chi connectivity index (χ4v) is 5.58. The number of ether oxygens (including phenoxy) is 1. The number of fused-ring (bicyclic) bond motifs is 1. The maximum Gasteiger partial charge on any atom is 0.409 e. The first kappa shape index (κ1) is 26.2. The fraction of sp³-hybridized carbons (Fsp3) is 0.480. The molecule has 0 unspecified atom stereocenters. The van der Waals surface area contributed by atoms with Crippen molar-refractivity contribution in [3.8, 4) is 0 Å². The van der Waals surface area contributed by atoms with Crippen molar-refractivity contribution in [2.75, 3.05) is 44.2 Å². The van der Waals surface area contributed by atoms with Crippen LogP contribution in [0.4, 0.5) is 10.6 Å². The molecule has 0 spiro atoms. The summed E-state index contributed by atoms with van der Waals surface area (Å²) in [6, 6.07) is 5.38. The third-order valence-electron chi connectivity index (χ3n) is 6.24. The minimum Gasteiger partial charge on any atom is -0.450 e. The van der Waals surface area contributed by atoms with E-state index in [0.717, 1.165) is 25.7 Å². The van der Waals surface area contributed by atoms with Crippen LogP contribution in [0.1, 0.15) is 45.1 Å². The third-order valence-corrected chi connectivity index (χ3v) is 7.62. The summed E-state index contributed by atoms with van der Waals surface area (Å²) >= 11 is 6.71. The van der Waals surface area contributed by atoms with Gasteiger partial charge in [0, 0.05) is 38.9 Å². The van der Waals surface area contributed by atoms with Gasteiger partial charge in [0.15, 0.2) is 0 Å². The van der Waals surface area contributed by atoms with Crippen molar-refractivity contribution in [3.05, 3.63) is 45.2 Å². The van der Waals surface area contributed by atoms with Crippen molar-refractivity contribution < 1.29 is 14.3 Å². The summed E-state index contributed by atoms with van der Waals surface area (Å²) in [5, 5.41) is 0. The third kappa shape index (κ3) is 5.57. The Bertz CT molecular complexity index is 1240. The highest BCUT2D eigenvalue weighted by atomic mass is 32.2. The number of nitrogens with zero attached hydrogens (tertiary/aromatic N) is 5. The molecular formula is C25H31N5O4S2.